The van der Waals surface area contributed by atoms with Crippen LogP contribution in [0.4, 0.5) is 0 Å². The van der Waals surface area contributed by atoms with Crippen LogP contribution in [-0.4, -0.2) is 26.6 Å². The topological polar surface area (TPSA) is 38.1 Å². The normalized spacial score (nSPS) is 14.7. The fourth-order valence-electron chi connectivity index (χ4n) is 3.52. The molecule has 4 nitrogen and oxygen atoms in total. The number of nitrogens with zero attached hydrogens (tertiary/aromatic N) is 3. The number of hydrogen-bond donors (Lipinski definition) is 0. The van der Waals surface area contributed by atoms with Gasteiger partial charge in [-0.05, 0) is 48.9 Å². The van der Waals surface area contributed by atoms with Gasteiger partial charge in [-0.15, -0.1) is 0 Å². The average molecular weight is 359 g/mol. The fourth-order valence-corrected chi connectivity index (χ4v) is 3.52. The number of amides is 1. The minimum Gasteiger partial charge on any atom is -0.335 e. The molecule has 0 aliphatic heterocycles. The van der Waals surface area contributed by atoms with E-state index in [9.17, 15) is 4.79 Å². The van der Waals surface area contributed by atoms with Crippen molar-refractivity contribution in [2.75, 3.05) is 0 Å². The van der Waals surface area contributed by atoms with Gasteiger partial charge in [-0.3, -0.25) is 4.79 Å². The second-order valence-corrected chi connectivity index (χ2v) is 7.39. The number of aromatic nitrogens is 2. The molecule has 138 valence electrons. The summed E-state index contributed by atoms with van der Waals surface area (Å²) in [6, 6.07) is 20.5. The number of hydrogen-bond acceptors (Lipinski definition) is 2. The van der Waals surface area contributed by atoms with Crippen LogP contribution in [-0.2, 0) is 17.8 Å². The van der Waals surface area contributed by atoms with Gasteiger partial charge in [0.15, 0.2) is 0 Å². The van der Waals surface area contributed by atoms with Crippen molar-refractivity contribution >= 4 is 5.91 Å². The zero-order valence-electron chi connectivity index (χ0n) is 15.7. The molecule has 1 aromatic heterocycles. The molecule has 0 radical (unpaired) electrons. The lowest BCUT2D eigenvalue weighted by Gasteiger charge is -2.29. The second kappa shape index (κ2) is 7.78. The predicted molar refractivity (Wildman–Crippen MR) is 106 cm³/mol. The van der Waals surface area contributed by atoms with Crippen molar-refractivity contribution in [3.8, 4) is 5.69 Å². The maximum atomic E-state index is 13.1. The first-order chi connectivity index (χ1) is 13.2. The second-order valence-electron chi connectivity index (χ2n) is 7.39. The van der Waals surface area contributed by atoms with Crippen molar-refractivity contribution in [1.82, 2.24) is 14.7 Å². The molecule has 1 fully saturated rings. The highest BCUT2D eigenvalue weighted by atomic mass is 16.2. The maximum absolute atomic E-state index is 13.1. The highest BCUT2D eigenvalue weighted by molar-refractivity contribution is 5.79. The summed E-state index contributed by atoms with van der Waals surface area (Å²) in [6.07, 6.45) is 6.59. The molecule has 4 heteroatoms. The van der Waals surface area contributed by atoms with Gasteiger partial charge in [0.05, 0.1) is 18.3 Å². The Bertz CT molecular complexity index is 884. The van der Waals surface area contributed by atoms with Crippen LogP contribution in [0.3, 0.4) is 0 Å². The Morgan fingerprint density at radius 2 is 1.74 bits per heavy atom. The number of carbonyl (C=O) groups is 1. The lowest BCUT2D eigenvalue weighted by atomic mass is 10.1. The largest absolute Gasteiger partial charge is 0.335 e. The van der Waals surface area contributed by atoms with Crippen LogP contribution >= 0.6 is 0 Å². The summed E-state index contributed by atoms with van der Waals surface area (Å²) in [7, 11) is 0. The quantitative estimate of drug-likeness (QED) is 0.633. The van der Waals surface area contributed by atoms with Crippen LogP contribution in [0.5, 0.6) is 0 Å². The van der Waals surface area contributed by atoms with E-state index in [0.717, 1.165) is 11.3 Å². The van der Waals surface area contributed by atoms with Crippen LogP contribution in [0.25, 0.3) is 5.69 Å². The van der Waals surface area contributed by atoms with Crippen molar-refractivity contribution in [3.63, 3.8) is 0 Å². The third kappa shape index (κ3) is 4.27. The van der Waals surface area contributed by atoms with E-state index in [2.05, 4.69) is 24.2 Å². The van der Waals surface area contributed by atoms with E-state index in [4.69, 9.17) is 0 Å². The molecular formula is C23H25N3O. The Kier molecular flexibility index (Phi) is 5.05. The van der Waals surface area contributed by atoms with E-state index in [-0.39, 0.29) is 11.9 Å². The van der Waals surface area contributed by atoms with Crippen LogP contribution < -0.4 is 0 Å². The zero-order valence-corrected chi connectivity index (χ0v) is 15.7. The van der Waals surface area contributed by atoms with Gasteiger partial charge >= 0.3 is 0 Å². The van der Waals surface area contributed by atoms with E-state index in [1.165, 1.54) is 18.4 Å². The minimum absolute atomic E-state index is 0.172. The van der Waals surface area contributed by atoms with Crippen LogP contribution in [0.1, 0.15) is 30.9 Å². The van der Waals surface area contributed by atoms with E-state index in [1.807, 2.05) is 64.3 Å². The summed E-state index contributed by atoms with van der Waals surface area (Å²) in [4.78, 5) is 15.2. The molecule has 1 amide bonds. The number of rotatable bonds is 7. The van der Waals surface area contributed by atoms with E-state index in [0.29, 0.717) is 18.9 Å². The van der Waals surface area contributed by atoms with Gasteiger partial charge in [0, 0.05) is 18.8 Å². The molecule has 2 aromatic carbocycles. The lowest BCUT2D eigenvalue weighted by molar-refractivity contribution is -0.133. The average Bonchev–Trinajstić information content (AvgIpc) is 3.46. The molecule has 3 aromatic rings. The minimum atomic E-state index is 0.172. The SMILES string of the molecule is CC(C1CC1)N(Cc1ccccc1)C(=O)Cc1cnn(-c2ccccc2)c1. The third-order valence-corrected chi connectivity index (χ3v) is 5.32. The highest BCUT2D eigenvalue weighted by Crippen LogP contribution is 2.36. The first kappa shape index (κ1) is 17.5. The summed E-state index contributed by atoms with van der Waals surface area (Å²) in [5.41, 5.74) is 3.13. The smallest absolute Gasteiger partial charge is 0.227 e. The van der Waals surface area contributed by atoms with Crippen LogP contribution in [0.15, 0.2) is 73.1 Å². The predicted octanol–water partition coefficient (Wildman–Crippen LogP) is 4.24. The van der Waals surface area contributed by atoms with Gasteiger partial charge in [-0.1, -0.05) is 48.5 Å². The standard InChI is InChI=1S/C23H25N3O/c1-18(21-12-13-21)25(16-19-8-4-2-5-9-19)23(27)14-20-15-24-26(17-20)22-10-6-3-7-11-22/h2-11,15,17-18,21H,12-14,16H2,1H3. The van der Waals surface area contributed by atoms with Crippen LogP contribution in [0, 0.1) is 5.92 Å². The Morgan fingerprint density at radius 1 is 1.07 bits per heavy atom. The first-order valence-corrected chi connectivity index (χ1v) is 9.63. The van der Waals surface area contributed by atoms with Crippen molar-refractivity contribution in [3.05, 3.63) is 84.2 Å². The van der Waals surface area contributed by atoms with E-state index >= 15 is 0 Å². The van der Waals surface area contributed by atoms with Crippen molar-refractivity contribution < 1.29 is 4.79 Å². The number of para-hydroxylation sites is 1. The fraction of sp³-hybridized carbons (Fsp3) is 0.304. The molecule has 0 N–H and O–H groups in total. The van der Waals surface area contributed by atoms with Gasteiger partial charge in [0.25, 0.3) is 0 Å². The molecule has 27 heavy (non-hydrogen) atoms. The zero-order chi connectivity index (χ0) is 18.6. The Balaban J connectivity index is 1.49. The van der Waals surface area contributed by atoms with Crippen molar-refractivity contribution in [1.29, 1.82) is 0 Å². The van der Waals surface area contributed by atoms with Crippen molar-refractivity contribution in [2.45, 2.75) is 38.8 Å². The highest BCUT2D eigenvalue weighted by Gasteiger charge is 2.34. The molecule has 1 saturated carbocycles. The Morgan fingerprint density at radius 3 is 2.41 bits per heavy atom. The number of carbonyl (C=O) groups excluding carboxylic acids is 1. The maximum Gasteiger partial charge on any atom is 0.227 e. The lowest BCUT2D eigenvalue weighted by Crippen LogP contribution is -2.40. The molecule has 1 aliphatic rings. The summed E-state index contributed by atoms with van der Waals surface area (Å²) in [5, 5.41) is 4.42. The summed E-state index contributed by atoms with van der Waals surface area (Å²) >= 11 is 0. The van der Waals surface area contributed by atoms with E-state index in [1.54, 1.807) is 6.20 Å². The van der Waals surface area contributed by atoms with Gasteiger partial charge < -0.3 is 4.90 Å². The van der Waals surface area contributed by atoms with E-state index < -0.39 is 0 Å². The molecule has 4 rings (SSSR count). The summed E-state index contributed by atoms with van der Waals surface area (Å²) in [6.45, 7) is 2.86. The summed E-state index contributed by atoms with van der Waals surface area (Å²) in [5.74, 6) is 0.815. The molecule has 1 heterocycles. The first-order valence-electron chi connectivity index (χ1n) is 9.63. The monoisotopic (exact) mass is 359 g/mol. The molecule has 0 bridgehead atoms. The Labute approximate surface area is 160 Å². The molecular weight excluding hydrogens is 334 g/mol. The van der Waals surface area contributed by atoms with Gasteiger partial charge in [0.1, 0.15) is 0 Å². The third-order valence-electron chi connectivity index (χ3n) is 5.32. The van der Waals surface area contributed by atoms with Crippen LogP contribution in [0.2, 0.25) is 0 Å². The molecule has 0 spiro atoms. The molecule has 1 unspecified atom stereocenters. The molecule has 1 aliphatic carbocycles. The Hall–Kier alpha value is -2.88. The van der Waals surface area contributed by atoms with Gasteiger partial charge in [-0.25, -0.2) is 4.68 Å². The number of benzene rings is 2. The van der Waals surface area contributed by atoms with Gasteiger partial charge in [0.2, 0.25) is 5.91 Å². The van der Waals surface area contributed by atoms with Gasteiger partial charge in [-0.2, -0.15) is 5.10 Å². The molecule has 1 atom stereocenters. The summed E-state index contributed by atoms with van der Waals surface area (Å²) < 4.78 is 1.83. The van der Waals surface area contributed by atoms with Crippen molar-refractivity contribution in [2.24, 2.45) is 5.92 Å². The molecule has 0 saturated heterocycles.